The largest absolute Gasteiger partial charge is 0.372 e. The van der Waals surface area contributed by atoms with Crippen molar-refractivity contribution in [2.75, 3.05) is 12.4 Å². The third kappa shape index (κ3) is 2.53. The monoisotopic (exact) mass is 309 g/mol. The third-order valence-corrected chi connectivity index (χ3v) is 4.85. The molecule has 2 aliphatic rings. The molecule has 1 heterocycles. The highest BCUT2D eigenvalue weighted by Gasteiger charge is 2.27. The van der Waals surface area contributed by atoms with Gasteiger partial charge in [0.25, 0.3) is 0 Å². The van der Waals surface area contributed by atoms with E-state index in [1.165, 1.54) is 44.2 Å². The van der Waals surface area contributed by atoms with E-state index >= 15 is 0 Å². The summed E-state index contributed by atoms with van der Waals surface area (Å²) in [5.41, 5.74) is 1.24. The molecule has 0 amide bonds. The van der Waals surface area contributed by atoms with E-state index in [4.69, 9.17) is 4.98 Å². The van der Waals surface area contributed by atoms with Crippen LogP contribution in [0.1, 0.15) is 56.0 Å². The van der Waals surface area contributed by atoms with Crippen molar-refractivity contribution in [2.24, 2.45) is 5.92 Å². The van der Waals surface area contributed by atoms with Gasteiger partial charge in [-0.25, -0.2) is 9.97 Å². The fourth-order valence-corrected chi connectivity index (χ4v) is 3.52. The maximum Gasteiger partial charge on any atom is 0.144 e. The van der Waals surface area contributed by atoms with Crippen molar-refractivity contribution in [3.05, 3.63) is 16.0 Å². The van der Waals surface area contributed by atoms with Gasteiger partial charge >= 0.3 is 0 Å². The Balaban J connectivity index is 1.92. The molecule has 0 aliphatic heterocycles. The van der Waals surface area contributed by atoms with Crippen molar-refractivity contribution in [1.82, 2.24) is 9.97 Å². The van der Waals surface area contributed by atoms with Crippen LogP contribution in [0.4, 0.5) is 5.82 Å². The molecule has 0 atom stereocenters. The summed E-state index contributed by atoms with van der Waals surface area (Å²) in [7, 11) is 1.94. The predicted octanol–water partition coefficient (Wildman–Crippen LogP) is 3.89. The zero-order chi connectivity index (χ0) is 12.5. The Kier molecular flexibility index (Phi) is 3.55. The van der Waals surface area contributed by atoms with E-state index < -0.39 is 0 Å². The average Bonchev–Trinajstić information content (AvgIpc) is 3.02. The lowest BCUT2D eigenvalue weighted by molar-refractivity contribution is 0.669. The number of aromatic nitrogens is 2. The van der Waals surface area contributed by atoms with E-state index in [1.54, 1.807) is 0 Å². The van der Waals surface area contributed by atoms with Crippen LogP contribution >= 0.6 is 15.9 Å². The molecule has 0 bridgehead atoms. The summed E-state index contributed by atoms with van der Waals surface area (Å²) in [6.07, 6.45) is 9.01. The fraction of sp³-hybridized carbons (Fsp3) is 0.714. The molecule has 2 saturated carbocycles. The van der Waals surface area contributed by atoms with Gasteiger partial charge in [0.2, 0.25) is 0 Å². The minimum atomic E-state index is 0.632. The molecule has 0 unspecified atom stereocenters. The second kappa shape index (κ2) is 5.16. The van der Waals surface area contributed by atoms with Crippen LogP contribution in [0.2, 0.25) is 0 Å². The summed E-state index contributed by atoms with van der Waals surface area (Å²) in [6, 6.07) is 0. The summed E-state index contributed by atoms with van der Waals surface area (Å²) < 4.78 is 1.08. The predicted molar refractivity (Wildman–Crippen MR) is 76.9 cm³/mol. The summed E-state index contributed by atoms with van der Waals surface area (Å²) in [4.78, 5) is 9.48. The van der Waals surface area contributed by atoms with Gasteiger partial charge < -0.3 is 5.32 Å². The minimum Gasteiger partial charge on any atom is -0.372 e. The number of nitrogens with one attached hydrogen (secondary N) is 1. The molecular weight excluding hydrogens is 290 g/mol. The first-order chi connectivity index (χ1) is 8.78. The van der Waals surface area contributed by atoms with Gasteiger partial charge in [-0.05, 0) is 47.5 Å². The van der Waals surface area contributed by atoms with Crippen LogP contribution in [0.15, 0.2) is 4.47 Å². The molecule has 0 radical (unpaired) electrons. The maximum atomic E-state index is 4.85. The first-order valence-electron chi connectivity index (χ1n) is 7.02. The van der Waals surface area contributed by atoms with Crippen LogP contribution < -0.4 is 5.32 Å². The molecule has 98 valence electrons. The Hall–Kier alpha value is -0.640. The summed E-state index contributed by atoms with van der Waals surface area (Å²) >= 11 is 3.68. The highest BCUT2D eigenvalue weighted by molar-refractivity contribution is 9.10. The van der Waals surface area contributed by atoms with Gasteiger partial charge in [-0.2, -0.15) is 0 Å². The third-order valence-electron chi connectivity index (χ3n) is 4.07. The summed E-state index contributed by atoms with van der Waals surface area (Å²) in [5.74, 6) is 3.47. The normalized spacial score (nSPS) is 20.3. The molecule has 2 fully saturated rings. The molecule has 0 spiro atoms. The molecule has 0 aromatic carbocycles. The van der Waals surface area contributed by atoms with Crippen molar-refractivity contribution in [3.8, 4) is 0 Å². The number of rotatable bonds is 4. The van der Waals surface area contributed by atoms with Gasteiger partial charge in [0.05, 0.1) is 10.2 Å². The highest BCUT2D eigenvalue weighted by atomic mass is 79.9. The molecule has 1 N–H and O–H groups in total. The Labute approximate surface area is 117 Å². The Morgan fingerprint density at radius 2 is 1.89 bits per heavy atom. The average molecular weight is 310 g/mol. The maximum absolute atomic E-state index is 4.85. The first-order valence-corrected chi connectivity index (χ1v) is 7.81. The first kappa shape index (κ1) is 12.4. The molecule has 2 aliphatic carbocycles. The van der Waals surface area contributed by atoms with Gasteiger partial charge in [-0.1, -0.05) is 12.8 Å². The van der Waals surface area contributed by atoms with Gasteiger partial charge in [0, 0.05) is 19.4 Å². The van der Waals surface area contributed by atoms with Gasteiger partial charge in [-0.15, -0.1) is 0 Å². The van der Waals surface area contributed by atoms with Gasteiger partial charge in [-0.3, -0.25) is 0 Å². The van der Waals surface area contributed by atoms with Crippen molar-refractivity contribution in [3.63, 3.8) is 0 Å². The lowest BCUT2D eigenvalue weighted by Crippen LogP contribution is -2.08. The standard InChI is InChI=1S/C14H20BrN3/c1-16-14-12(15)13(10-4-2-3-5-10)17-11(18-14)8-9-6-7-9/h9-10H,2-8H2,1H3,(H,16,17,18). The number of hydrogen-bond donors (Lipinski definition) is 1. The zero-order valence-electron chi connectivity index (χ0n) is 10.9. The Morgan fingerprint density at radius 3 is 2.50 bits per heavy atom. The van der Waals surface area contributed by atoms with Crippen LogP contribution in [0.25, 0.3) is 0 Å². The van der Waals surface area contributed by atoms with E-state index in [0.717, 1.165) is 28.5 Å². The lowest BCUT2D eigenvalue weighted by atomic mass is 10.0. The number of anilines is 1. The van der Waals surface area contributed by atoms with Crippen LogP contribution in [0.3, 0.4) is 0 Å². The molecule has 0 saturated heterocycles. The van der Waals surface area contributed by atoms with Crippen molar-refractivity contribution in [1.29, 1.82) is 0 Å². The number of halogens is 1. The fourth-order valence-electron chi connectivity index (χ4n) is 2.82. The summed E-state index contributed by atoms with van der Waals surface area (Å²) in [5, 5.41) is 3.20. The van der Waals surface area contributed by atoms with E-state index in [1.807, 2.05) is 7.05 Å². The van der Waals surface area contributed by atoms with Gasteiger partial charge in [0.1, 0.15) is 11.6 Å². The molecular formula is C14H20BrN3. The second-order valence-electron chi connectivity index (χ2n) is 5.57. The van der Waals surface area contributed by atoms with Crippen molar-refractivity contribution < 1.29 is 0 Å². The van der Waals surface area contributed by atoms with Crippen LogP contribution in [-0.4, -0.2) is 17.0 Å². The van der Waals surface area contributed by atoms with E-state index in [9.17, 15) is 0 Å². The second-order valence-corrected chi connectivity index (χ2v) is 6.36. The van der Waals surface area contributed by atoms with Crippen molar-refractivity contribution >= 4 is 21.7 Å². The lowest BCUT2D eigenvalue weighted by Gasteiger charge is -2.15. The van der Waals surface area contributed by atoms with Crippen LogP contribution in [-0.2, 0) is 6.42 Å². The van der Waals surface area contributed by atoms with E-state index in [2.05, 4.69) is 26.2 Å². The number of hydrogen-bond acceptors (Lipinski definition) is 3. The topological polar surface area (TPSA) is 37.8 Å². The molecule has 3 rings (SSSR count). The van der Waals surface area contributed by atoms with E-state index in [0.29, 0.717) is 5.92 Å². The van der Waals surface area contributed by atoms with Crippen LogP contribution in [0, 0.1) is 5.92 Å². The van der Waals surface area contributed by atoms with Gasteiger partial charge in [0.15, 0.2) is 0 Å². The molecule has 3 nitrogen and oxygen atoms in total. The van der Waals surface area contributed by atoms with Crippen molar-refractivity contribution in [2.45, 2.75) is 50.9 Å². The van der Waals surface area contributed by atoms with E-state index in [-0.39, 0.29) is 0 Å². The smallest absolute Gasteiger partial charge is 0.144 e. The zero-order valence-corrected chi connectivity index (χ0v) is 12.5. The molecule has 18 heavy (non-hydrogen) atoms. The molecule has 1 aromatic heterocycles. The van der Waals surface area contributed by atoms with Crippen LogP contribution in [0.5, 0.6) is 0 Å². The quantitative estimate of drug-likeness (QED) is 0.917. The molecule has 1 aromatic rings. The Bertz CT molecular complexity index is 437. The SMILES string of the molecule is CNc1nc(CC2CC2)nc(C2CCCC2)c1Br. The Morgan fingerprint density at radius 1 is 1.17 bits per heavy atom. The summed E-state index contributed by atoms with van der Waals surface area (Å²) in [6.45, 7) is 0. The molecule has 4 heteroatoms. The minimum absolute atomic E-state index is 0.632. The highest BCUT2D eigenvalue weighted by Crippen LogP contribution is 2.39. The number of nitrogens with zero attached hydrogens (tertiary/aromatic N) is 2.